The third-order valence-corrected chi connectivity index (χ3v) is 2.72. The van der Waals surface area contributed by atoms with Crippen LogP contribution in [0.2, 0.25) is 0 Å². The average molecular weight is 289 g/mol. The van der Waals surface area contributed by atoms with Crippen molar-refractivity contribution < 1.29 is 23.9 Å². The topological polar surface area (TPSA) is 78.8 Å². The molecule has 5 nitrogen and oxygen atoms in total. The predicted octanol–water partition coefficient (Wildman–Crippen LogP) is 1.10. The molecule has 0 aromatic heterocycles. The molecule has 0 heterocycles. The van der Waals surface area contributed by atoms with E-state index in [2.05, 4.69) is 9.97 Å². The van der Waals surface area contributed by atoms with Gasteiger partial charge in [0.2, 0.25) is 0 Å². The standard InChI is InChI=1S/C14H13BFNO4/c16-13-8-11(21-15(19)20)6-7-12(13)14(18)17-9-10-4-2-1-3-5-10/h1-8,19-20H,9H2,(H,17,18). The Morgan fingerprint density at radius 1 is 1.19 bits per heavy atom. The van der Waals surface area contributed by atoms with E-state index in [0.29, 0.717) is 0 Å². The third kappa shape index (κ3) is 4.30. The second kappa shape index (κ2) is 6.87. The molecular formula is C14H13BFNO4. The lowest BCUT2D eigenvalue weighted by Crippen LogP contribution is -2.24. The molecule has 3 N–H and O–H groups in total. The first-order valence-corrected chi connectivity index (χ1v) is 6.21. The number of halogens is 1. The summed E-state index contributed by atoms with van der Waals surface area (Å²) in [6, 6.07) is 12.6. The summed E-state index contributed by atoms with van der Waals surface area (Å²) < 4.78 is 18.3. The van der Waals surface area contributed by atoms with Crippen LogP contribution < -0.4 is 9.97 Å². The lowest BCUT2D eigenvalue weighted by Gasteiger charge is -2.08. The second-order valence-electron chi connectivity index (χ2n) is 4.25. The highest BCUT2D eigenvalue weighted by Gasteiger charge is 2.15. The smallest absolute Gasteiger partial charge is 0.512 e. The van der Waals surface area contributed by atoms with E-state index in [1.807, 2.05) is 30.3 Å². The molecule has 0 fully saturated rings. The van der Waals surface area contributed by atoms with Gasteiger partial charge in [-0.3, -0.25) is 4.79 Å². The van der Waals surface area contributed by atoms with Crippen molar-refractivity contribution in [2.45, 2.75) is 6.54 Å². The van der Waals surface area contributed by atoms with Gasteiger partial charge in [-0.1, -0.05) is 30.3 Å². The van der Waals surface area contributed by atoms with Crippen molar-refractivity contribution >= 4 is 13.2 Å². The van der Waals surface area contributed by atoms with Gasteiger partial charge < -0.3 is 20.0 Å². The van der Waals surface area contributed by atoms with Crippen LogP contribution in [-0.2, 0) is 6.54 Å². The van der Waals surface area contributed by atoms with Crippen LogP contribution in [0.1, 0.15) is 15.9 Å². The number of amides is 1. The van der Waals surface area contributed by atoms with Gasteiger partial charge in [-0.25, -0.2) is 4.39 Å². The van der Waals surface area contributed by atoms with E-state index in [0.717, 1.165) is 11.6 Å². The number of hydrogen-bond donors (Lipinski definition) is 3. The molecule has 0 spiro atoms. The first-order valence-electron chi connectivity index (χ1n) is 6.21. The van der Waals surface area contributed by atoms with Gasteiger partial charge in [-0.15, -0.1) is 0 Å². The van der Waals surface area contributed by atoms with Crippen molar-refractivity contribution in [1.29, 1.82) is 0 Å². The number of benzene rings is 2. The molecule has 2 aromatic carbocycles. The van der Waals surface area contributed by atoms with Crippen LogP contribution in [-0.4, -0.2) is 23.3 Å². The zero-order valence-electron chi connectivity index (χ0n) is 11.0. The highest BCUT2D eigenvalue weighted by Crippen LogP contribution is 2.17. The molecule has 1 amide bonds. The van der Waals surface area contributed by atoms with E-state index in [1.165, 1.54) is 12.1 Å². The van der Waals surface area contributed by atoms with Crippen LogP contribution in [0, 0.1) is 5.82 Å². The van der Waals surface area contributed by atoms with Gasteiger partial charge in [-0.05, 0) is 17.7 Å². The summed E-state index contributed by atoms with van der Waals surface area (Å²) in [5, 5.41) is 19.8. The van der Waals surface area contributed by atoms with Gasteiger partial charge >= 0.3 is 7.32 Å². The molecule has 0 saturated carbocycles. The van der Waals surface area contributed by atoms with E-state index in [9.17, 15) is 9.18 Å². The maximum absolute atomic E-state index is 13.8. The minimum absolute atomic E-state index is 0.0814. The molecule has 0 saturated heterocycles. The lowest BCUT2D eigenvalue weighted by atomic mass is 10.1. The Kier molecular flexibility index (Phi) is 4.92. The van der Waals surface area contributed by atoms with Crippen molar-refractivity contribution in [3.8, 4) is 5.75 Å². The fraction of sp³-hybridized carbons (Fsp3) is 0.0714. The van der Waals surface area contributed by atoms with Crippen LogP contribution in [0.3, 0.4) is 0 Å². The first kappa shape index (κ1) is 15.0. The largest absolute Gasteiger partial charge is 0.707 e. The molecule has 2 aromatic rings. The van der Waals surface area contributed by atoms with Crippen LogP contribution in [0.25, 0.3) is 0 Å². The van der Waals surface area contributed by atoms with E-state index >= 15 is 0 Å². The van der Waals surface area contributed by atoms with Gasteiger partial charge in [0.15, 0.2) is 0 Å². The van der Waals surface area contributed by atoms with E-state index in [-0.39, 0.29) is 17.9 Å². The summed E-state index contributed by atoms with van der Waals surface area (Å²) in [6.07, 6.45) is 0. The summed E-state index contributed by atoms with van der Waals surface area (Å²) in [5.41, 5.74) is 0.750. The Morgan fingerprint density at radius 2 is 1.90 bits per heavy atom. The molecule has 0 aliphatic rings. The Labute approximate surface area is 121 Å². The predicted molar refractivity (Wildman–Crippen MR) is 74.8 cm³/mol. The van der Waals surface area contributed by atoms with Crippen molar-refractivity contribution in [2.75, 3.05) is 0 Å². The summed E-state index contributed by atoms with van der Waals surface area (Å²) >= 11 is 0. The Hall–Kier alpha value is -2.38. The number of carbonyl (C=O) groups excluding carboxylic acids is 1. The zero-order chi connectivity index (χ0) is 15.2. The minimum Gasteiger partial charge on any atom is -0.512 e. The first-order chi connectivity index (χ1) is 10.1. The average Bonchev–Trinajstić information content (AvgIpc) is 2.45. The summed E-state index contributed by atoms with van der Waals surface area (Å²) in [7, 11) is -2.04. The molecule has 7 heteroatoms. The van der Waals surface area contributed by atoms with Gasteiger partial charge in [0.1, 0.15) is 11.6 Å². The molecular weight excluding hydrogens is 276 g/mol. The van der Waals surface area contributed by atoms with Gasteiger partial charge in [-0.2, -0.15) is 0 Å². The van der Waals surface area contributed by atoms with E-state index in [4.69, 9.17) is 10.0 Å². The SMILES string of the molecule is O=C(NCc1ccccc1)c1ccc(OB(O)O)cc1F. The normalized spacial score (nSPS) is 10.0. The summed E-state index contributed by atoms with van der Waals surface area (Å²) in [6.45, 7) is 0.284. The van der Waals surface area contributed by atoms with Crippen molar-refractivity contribution in [1.82, 2.24) is 5.32 Å². The number of nitrogens with one attached hydrogen (secondary N) is 1. The monoisotopic (exact) mass is 289 g/mol. The maximum Gasteiger partial charge on any atom is 0.707 e. The highest BCUT2D eigenvalue weighted by molar-refractivity contribution is 6.33. The molecule has 0 bridgehead atoms. The molecule has 0 aliphatic heterocycles. The van der Waals surface area contributed by atoms with Crippen molar-refractivity contribution in [3.05, 3.63) is 65.5 Å². The molecule has 0 aliphatic carbocycles. The van der Waals surface area contributed by atoms with Gasteiger partial charge in [0.05, 0.1) is 5.56 Å². The van der Waals surface area contributed by atoms with E-state index < -0.39 is 19.0 Å². The van der Waals surface area contributed by atoms with Crippen LogP contribution in [0.15, 0.2) is 48.5 Å². The Balaban J connectivity index is 2.02. The second-order valence-corrected chi connectivity index (χ2v) is 4.25. The van der Waals surface area contributed by atoms with Gasteiger partial charge in [0, 0.05) is 12.6 Å². The van der Waals surface area contributed by atoms with E-state index in [1.54, 1.807) is 0 Å². The van der Waals surface area contributed by atoms with Crippen LogP contribution >= 0.6 is 0 Å². The Bertz CT molecular complexity index is 622. The molecule has 2 rings (SSSR count). The van der Waals surface area contributed by atoms with Crippen LogP contribution in [0.5, 0.6) is 5.75 Å². The summed E-state index contributed by atoms with van der Waals surface area (Å²) in [4.78, 5) is 11.9. The Morgan fingerprint density at radius 3 is 2.52 bits per heavy atom. The van der Waals surface area contributed by atoms with Crippen LogP contribution in [0.4, 0.5) is 4.39 Å². The highest BCUT2D eigenvalue weighted by atomic mass is 19.1. The quantitative estimate of drug-likeness (QED) is 0.720. The summed E-state index contributed by atoms with van der Waals surface area (Å²) in [5.74, 6) is -1.45. The van der Waals surface area contributed by atoms with Gasteiger partial charge in [0.25, 0.3) is 5.91 Å². The van der Waals surface area contributed by atoms with Crippen molar-refractivity contribution in [3.63, 3.8) is 0 Å². The molecule has 0 radical (unpaired) electrons. The molecule has 0 atom stereocenters. The maximum atomic E-state index is 13.8. The lowest BCUT2D eigenvalue weighted by molar-refractivity contribution is 0.0947. The third-order valence-electron chi connectivity index (χ3n) is 2.72. The molecule has 108 valence electrons. The number of carbonyl (C=O) groups is 1. The minimum atomic E-state index is -2.04. The fourth-order valence-electron chi connectivity index (χ4n) is 1.75. The molecule has 0 unspecified atom stereocenters. The zero-order valence-corrected chi connectivity index (χ0v) is 11.0. The molecule has 21 heavy (non-hydrogen) atoms. The fourth-order valence-corrected chi connectivity index (χ4v) is 1.75. The van der Waals surface area contributed by atoms with Crippen molar-refractivity contribution in [2.24, 2.45) is 0 Å². The number of rotatable bonds is 5. The number of hydrogen-bond acceptors (Lipinski definition) is 4.